The highest BCUT2D eigenvalue weighted by Gasteiger charge is 2.22. The van der Waals surface area contributed by atoms with E-state index in [0.717, 1.165) is 38.6 Å². The van der Waals surface area contributed by atoms with Crippen molar-refractivity contribution in [3.63, 3.8) is 0 Å². The molecule has 1 aliphatic carbocycles. The fraction of sp³-hybridized carbons (Fsp3) is 0.667. The Labute approximate surface area is 138 Å². The Morgan fingerprint density at radius 3 is 2.17 bits per heavy atom. The SMILES string of the molecule is CC(C(=O)O)=C(C=C(CCCN(C)C)C(=O)O)C1CCCCC1. The molecule has 0 aromatic carbocycles. The molecule has 5 heteroatoms. The summed E-state index contributed by atoms with van der Waals surface area (Å²) in [5.74, 6) is -1.74. The molecule has 0 bridgehead atoms. The summed E-state index contributed by atoms with van der Waals surface area (Å²) in [4.78, 5) is 24.9. The third kappa shape index (κ3) is 6.57. The van der Waals surface area contributed by atoms with Crippen LogP contribution in [0.5, 0.6) is 0 Å². The lowest BCUT2D eigenvalue weighted by Gasteiger charge is -2.24. The average Bonchev–Trinajstić information content (AvgIpc) is 2.50. The maximum absolute atomic E-state index is 11.5. The number of rotatable bonds is 8. The van der Waals surface area contributed by atoms with Crippen LogP contribution in [0.15, 0.2) is 22.8 Å². The van der Waals surface area contributed by atoms with Gasteiger partial charge in [0.05, 0.1) is 0 Å². The number of carboxylic acid groups (broad SMARTS) is 2. The molecule has 1 rings (SSSR count). The van der Waals surface area contributed by atoms with Crippen LogP contribution in [0, 0.1) is 5.92 Å². The monoisotopic (exact) mass is 323 g/mol. The van der Waals surface area contributed by atoms with Gasteiger partial charge in [-0.25, -0.2) is 9.59 Å². The van der Waals surface area contributed by atoms with E-state index < -0.39 is 11.9 Å². The summed E-state index contributed by atoms with van der Waals surface area (Å²) in [5.41, 5.74) is 1.30. The van der Waals surface area contributed by atoms with Crippen molar-refractivity contribution in [1.82, 2.24) is 4.90 Å². The maximum Gasteiger partial charge on any atom is 0.331 e. The van der Waals surface area contributed by atoms with Gasteiger partial charge in [0.1, 0.15) is 0 Å². The topological polar surface area (TPSA) is 77.8 Å². The molecule has 0 aromatic heterocycles. The molecule has 0 spiro atoms. The molecule has 5 nitrogen and oxygen atoms in total. The van der Waals surface area contributed by atoms with Gasteiger partial charge in [0.25, 0.3) is 0 Å². The Kier molecular flexibility index (Phi) is 8.03. The van der Waals surface area contributed by atoms with E-state index in [2.05, 4.69) is 0 Å². The van der Waals surface area contributed by atoms with Crippen molar-refractivity contribution in [2.45, 2.75) is 51.9 Å². The molecule has 0 unspecified atom stereocenters. The minimum atomic E-state index is -0.958. The lowest BCUT2D eigenvalue weighted by atomic mass is 9.81. The molecule has 0 aliphatic heterocycles. The van der Waals surface area contributed by atoms with Crippen LogP contribution in [0.25, 0.3) is 0 Å². The minimum Gasteiger partial charge on any atom is -0.478 e. The lowest BCUT2D eigenvalue weighted by molar-refractivity contribution is -0.133. The lowest BCUT2D eigenvalue weighted by Crippen LogP contribution is -2.16. The Bertz CT molecular complexity index is 485. The smallest absolute Gasteiger partial charge is 0.331 e. The van der Waals surface area contributed by atoms with Gasteiger partial charge in [-0.2, -0.15) is 0 Å². The van der Waals surface area contributed by atoms with Gasteiger partial charge in [-0.3, -0.25) is 0 Å². The maximum atomic E-state index is 11.5. The van der Waals surface area contributed by atoms with Crippen molar-refractivity contribution >= 4 is 11.9 Å². The summed E-state index contributed by atoms with van der Waals surface area (Å²) in [6.45, 7) is 2.40. The molecule has 0 saturated heterocycles. The fourth-order valence-corrected chi connectivity index (χ4v) is 3.08. The number of hydrogen-bond donors (Lipinski definition) is 2. The highest BCUT2D eigenvalue weighted by atomic mass is 16.4. The molecule has 0 amide bonds. The van der Waals surface area contributed by atoms with Crippen LogP contribution in [-0.4, -0.2) is 47.7 Å². The molecular weight excluding hydrogens is 294 g/mol. The first-order valence-electron chi connectivity index (χ1n) is 8.35. The van der Waals surface area contributed by atoms with E-state index in [1.165, 1.54) is 6.42 Å². The molecule has 0 atom stereocenters. The van der Waals surface area contributed by atoms with Crippen LogP contribution in [0.3, 0.4) is 0 Å². The molecule has 0 radical (unpaired) electrons. The van der Waals surface area contributed by atoms with Gasteiger partial charge >= 0.3 is 11.9 Å². The Balaban J connectivity index is 3.04. The van der Waals surface area contributed by atoms with Gasteiger partial charge in [0.15, 0.2) is 0 Å². The summed E-state index contributed by atoms with van der Waals surface area (Å²) in [6, 6.07) is 0. The van der Waals surface area contributed by atoms with E-state index in [-0.39, 0.29) is 11.5 Å². The van der Waals surface area contributed by atoms with E-state index in [4.69, 9.17) is 0 Å². The molecule has 130 valence electrons. The zero-order valence-electron chi connectivity index (χ0n) is 14.5. The second-order valence-corrected chi connectivity index (χ2v) is 6.60. The van der Waals surface area contributed by atoms with Crippen LogP contribution in [-0.2, 0) is 9.59 Å². The molecule has 2 N–H and O–H groups in total. The van der Waals surface area contributed by atoms with Crippen molar-refractivity contribution in [3.05, 3.63) is 22.8 Å². The predicted molar refractivity (Wildman–Crippen MR) is 90.4 cm³/mol. The summed E-state index contributed by atoms with van der Waals surface area (Å²) in [6.07, 6.45) is 8.06. The van der Waals surface area contributed by atoms with Gasteiger partial charge in [-0.15, -0.1) is 0 Å². The average molecular weight is 323 g/mol. The molecule has 0 heterocycles. The van der Waals surface area contributed by atoms with Gasteiger partial charge in [-0.1, -0.05) is 19.3 Å². The van der Waals surface area contributed by atoms with Gasteiger partial charge in [-0.05, 0) is 70.8 Å². The zero-order valence-corrected chi connectivity index (χ0v) is 14.5. The van der Waals surface area contributed by atoms with E-state index in [0.29, 0.717) is 17.6 Å². The molecule has 0 aromatic rings. The number of carbonyl (C=O) groups is 2. The Morgan fingerprint density at radius 1 is 1.09 bits per heavy atom. The van der Waals surface area contributed by atoms with Crippen molar-refractivity contribution < 1.29 is 19.8 Å². The zero-order chi connectivity index (χ0) is 17.4. The van der Waals surface area contributed by atoms with Crippen molar-refractivity contribution in [2.24, 2.45) is 5.92 Å². The first-order chi connectivity index (χ1) is 10.8. The summed E-state index contributed by atoms with van der Waals surface area (Å²) < 4.78 is 0. The molecule has 1 saturated carbocycles. The molecule has 1 aliphatic rings. The quantitative estimate of drug-likeness (QED) is 0.529. The van der Waals surface area contributed by atoms with E-state index in [1.54, 1.807) is 13.0 Å². The van der Waals surface area contributed by atoms with Crippen LogP contribution in [0.4, 0.5) is 0 Å². The number of allylic oxidation sites excluding steroid dienone is 2. The highest BCUT2D eigenvalue weighted by molar-refractivity contribution is 5.90. The second-order valence-electron chi connectivity index (χ2n) is 6.60. The fourth-order valence-electron chi connectivity index (χ4n) is 3.08. The number of aliphatic carboxylic acids is 2. The summed E-state index contributed by atoms with van der Waals surface area (Å²) in [5, 5.41) is 18.8. The first-order valence-corrected chi connectivity index (χ1v) is 8.35. The predicted octanol–water partition coefficient (Wildman–Crippen LogP) is 3.32. The normalized spacial score (nSPS) is 18.0. The second kappa shape index (κ2) is 9.50. The third-order valence-corrected chi connectivity index (χ3v) is 4.45. The molecule has 1 fully saturated rings. The number of carboxylic acids is 2. The standard InChI is InChI=1S/C18H29NO4/c1-13(17(20)21)16(14-8-5-4-6-9-14)12-15(18(22)23)10-7-11-19(2)3/h12,14H,4-11H2,1-3H3,(H,20,21)(H,22,23). The van der Waals surface area contributed by atoms with Crippen molar-refractivity contribution in [1.29, 1.82) is 0 Å². The van der Waals surface area contributed by atoms with Gasteiger partial charge < -0.3 is 15.1 Å². The van der Waals surface area contributed by atoms with Crippen molar-refractivity contribution in [3.8, 4) is 0 Å². The first kappa shape index (κ1) is 19.4. The van der Waals surface area contributed by atoms with Crippen LogP contribution in [0.1, 0.15) is 51.9 Å². The summed E-state index contributed by atoms with van der Waals surface area (Å²) >= 11 is 0. The van der Waals surface area contributed by atoms with Crippen LogP contribution < -0.4 is 0 Å². The number of nitrogens with zero attached hydrogens (tertiary/aromatic N) is 1. The summed E-state index contributed by atoms with van der Waals surface area (Å²) in [7, 11) is 3.90. The highest BCUT2D eigenvalue weighted by Crippen LogP contribution is 2.33. The van der Waals surface area contributed by atoms with E-state index in [1.807, 2.05) is 19.0 Å². The van der Waals surface area contributed by atoms with Crippen molar-refractivity contribution in [2.75, 3.05) is 20.6 Å². The van der Waals surface area contributed by atoms with Gasteiger partial charge in [0.2, 0.25) is 0 Å². The molecular formula is C18H29NO4. The Morgan fingerprint density at radius 2 is 1.70 bits per heavy atom. The third-order valence-electron chi connectivity index (χ3n) is 4.45. The van der Waals surface area contributed by atoms with Crippen LogP contribution in [0.2, 0.25) is 0 Å². The molecule has 23 heavy (non-hydrogen) atoms. The van der Waals surface area contributed by atoms with Gasteiger partial charge in [0, 0.05) is 11.1 Å². The largest absolute Gasteiger partial charge is 0.478 e. The number of hydrogen-bond acceptors (Lipinski definition) is 3. The van der Waals surface area contributed by atoms with E-state index in [9.17, 15) is 19.8 Å². The van der Waals surface area contributed by atoms with Crippen LogP contribution >= 0.6 is 0 Å². The Hall–Kier alpha value is -1.62. The minimum absolute atomic E-state index is 0.169. The van der Waals surface area contributed by atoms with E-state index >= 15 is 0 Å².